The van der Waals surface area contributed by atoms with Gasteiger partial charge in [-0.1, -0.05) is 19.1 Å². The summed E-state index contributed by atoms with van der Waals surface area (Å²) in [6, 6.07) is 7.77. The molecule has 1 aromatic carbocycles. The second-order valence-electron chi connectivity index (χ2n) is 3.86. The van der Waals surface area contributed by atoms with Crippen LogP contribution in [0, 0.1) is 0 Å². The van der Waals surface area contributed by atoms with Gasteiger partial charge >= 0.3 is 0 Å². The van der Waals surface area contributed by atoms with Gasteiger partial charge in [0.15, 0.2) is 0 Å². The Bertz CT molecular complexity index is 349. The quantitative estimate of drug-likeness (QED) is 0.788. The molecular weight excluding hydrogens is 216 g/mol. The highest BCUT2D eigenvalue weighted by Crippen LogP contribution is 2.18. The number of ether oxygens (including phenoxy) is 1. The van der Waals surface area contributed by atoms with Crippen LogP contribution in [-0.2, 0) is 4.79 Å². The van der Waals surface area contributed by atoms with E-state index in [0.717, 1.165) is 17.7 Å². The predicted molar refractivity (Wildman–Crippen MR) is 67.8 cm³/mol. The zero-order valence-corrected chi connectivity index (χ0v) is 10.4. The van der Waals surface area contributed by atoms with E-state index in [1.807, 2.05) is 24.3 Å². The highest BCUT2D eigenvalue weighted by Gasteiger charge is 2.03. The first kappa shape index (κ1) is 13.5. The van der Waals surface area contributed by atoms with E-state index in [0.29, 0.717) is 13.0 Å². The van der Waals surface area contributed by atoms with Crippen molar-refractivity contribution in [3.05, 3.63) is 29.8 Å². The van der Waals surface area contributed by atoms with Crippen LogP contribution in [0.4, 0.5) is 0 Å². The second kappa shape index (κ2) is 6.91. The summed E-state index contributed by atoms with van der Waals surface area (Å²) < 4.78 is 5.45. The van der Waals surface area contributed by atoms with Crippen molar-refractivity contribution in [3.63, 3.8) is 0 Å². The highest BCUT2D eigenvalue weighted by atomic mass is 16.5. The summed E-state index contributed by atoms with van der Waals surface area (Å²) in [6.07, 6.45) is 1.28. The number of hydrogen-bond donors (Lipinski definition) is 2. The Morgan fingerprint density at radius 2 is 2.06 bits per heavy atom. The number of nitrogens with one attached hydrogen (secondary N) is 1. The van der Waals surface area contributed by atoms with E-state index in [2.05, 4.69) is 12.2 Å². The van der Waals surface area contributed by atoms with Crippen molar-refractivity contribution in [3.8, 4) is 5.75 Å². The molecule has 0 aliphatic rings. The van der Waals surface area contributed by atoms with Crippen LogP contribution in [0.2, 0.25) is 0 Å². The highest BCUT2D eigenvalue weighted by molar-refractivity contribution is 5.75. The van der Waals surface area contributed by atoms with E-state index < -0.39 is 0 Å². The SMILES string of the molecule is CC[C@H](N)c1ccc(OCCC(=O)NC)cc1. The van der Waals surface area contributed by atoms with Crippen LogP contribution in [0.1, 0.15) is 31.4 Å². The molecule has 0 aromatic heterocycles. The van der Waals surface area contributed by atoms with Crippen LogP contribution in [0.25, 0.3) is 0 Å². The summed E-state index contributed by atoms with van der Waals surface area (Å²) in [5.41, 5.74) is 7.01. The molecule has 0 bridgehead atoms. The molecule has 94 valence electrons. The topological polar surface area (TPSA) is 64.3 Å². The Kier molecular flexibility index (Phi) is 5.49. The maximum absolute atomic E-state index is 11.0. The van der Waals surface area contributed by atoms with Crippen LogP contribution in [0.15, 0.2) is 24.3 Å². The van der Waals surface area contributed by atoms with Crippen LogP contribution in [0.5, 0.6) is 5.75 Å². The molecule has 0 spiro atoms. The molecular formula is C13H20N2O2. The molecule has 17 heavy (non-hydrogen) atoms. The summed E-state index contributed by atoms with van der Waals surface area (Å²) in [6.45, 7) is 2.44. The fourth-order valence-electron chi connectivity index (χ4n) is 1.43. The molecule has 1 aromatic rings. The van der Waals surface area contributed by atoms with Gasteiger partial charge in [0, 0.05) is 13.1 Å². The maximum atomic E-state index is 11.0. The molecule has 4 heteroatoms. The molecule has 0 aliphatic carbocycles. The molecule has 0 saturated carbocycles. The lowest BCUT2D eigenvalue weighted by Crippen LogP contribution is -2.20. The second-order valence-corrected chi connectivity index (χ2v) is 3.86. The fraction of sp³-hybridized carbons (Fsp3) is 0.462. The van der Waals surface area contributed by atoms with Gasteiger partial charge in [-0.05, 0) is 24.1 Å². The summed E-state index contributed by atoms with van der Waals surface area (Å²) in [4.78, 5) is 11.0. The predicted octanol–water partition coefficient (Wildman–Crippen LogP) is 1.61. The van der Waals surface area contributed by atoms with Gasteiger partial charge in [0.25, 0.3) is 0 Å². The third-order valence-corrected chi connectivity index (χ3v) is 2.62. The third-order valence-electron chi connectivity index (χ3n) is 2.62. The Labute approximate surface area is 102 Å². The van der Waals surface area contributed by atoms with E-state index in [1.165, 1.54) is 0 Å². The van der Waals surface area contributed by atoms with Crippen molar-refractivity contribution in [1.82, 2.24) is 5.32 Å². The van der Waals surface area contributed by atoms with E-state index in [9.17, 15) is 4.79 Å². The standard InChI is InChI=1S/C13H20N2O2/c1-3-12(14)10-4-6-11(7-5-10)17-9-8-13(16)15-2/h4-7,12H,3,8-9,14H2,1-2H3,(H,15,16)/t12-/m0/s1. The molecule has 0 aliphatic heterocycles. The van der Waals surface area contributed by atoms with Gasteiger partial charge < -0.3 is 15.8 Å². The molecule has 3 N–H and O–H groups in total. The zero-order valence-electron chi connectivity index (χ0n) is 10.4. The molecule has 0 unspecified atom stereocenters. The molecule has 1 amide bonds. The molecule has 1 rings (SSSR count). The number of hydrogen-bond acceptors (Lipinski definition) is 3. The molecule has 0 radical (unpaired) electrons. The zero-order chi connectivity index (χ0) is 12.7. The lowest BCUT2D eigenvalue weighted by molar-refractivity contribution is -0.121. The Balaban J connectivity index is 2.43. The van der Waals surface area contributed by atoms with E-state index in [4.69, 9.17) is 10.5 Å². The monoisotopic (exact) mass is 236 g/mol. The van der Waals surface area contributed by atoms with Gasteiger partial charge in [-0.25, -0.2) is 0 Å². The lowest BCUT2D eigenvalue weighted by atomic mass is 10.1. The number of benzene rings is 1. The number of amides is 1. The Morgan fingerprint density at radius 3 is 2.59 bits per heavy atom. The van der Waals surface area contributed by atoms with Gasteiger partial charge in [-0.3, -0.25) is 4.79 Å². The minimum Gasteiger partial charge on any atom is -0.493 e. The first-order chi connectivity index (χ1) is 8.17. The summed E-state index contributed by atoms with van der Waals surface area (Å²) in [7, 11) is 1.61. The maximum Gasteiger partial charge on any atom is 0.223 e. The molecule has 0 heterocycles. The minimum absolute atomic E-state index is 0.0189. The van der Waals surface area contributed by atoms with Crippen LogP contribution in [-0.4, -0.2) is 19.6 Å². The average Bonchev–Trinajstić information content (AvgIpc) is 2.38. The molecule has 1 atom stereocenters. The van der Waals surface area contributed by atoms with Crippen molar-refractivity contribution in [2.24, 2.45) is 5.73 Å². The van der Waals surface area contributed by atoms with Gasteiger partial charge in [0.2, 0.25) is 5.91 Å². The average molecular weight is 236 g/mol. The van der Waals surface area contributed by atoms with E-state index in [1.54, 1.807) is 7.05 Å². The normalized spacial score (nSPS) is 11.9. The first-order valence-electron chi connectivity index (χ1n) is 5.86. The molecule has 4 nitrogen and oxygen atoms in total. The van der Waals surface area contributed by atoms with Crippen molar-refractivity contribution in [1.29, 1.82) is 0 Å². The smallest absolute Gasteiger partial charge is 0.223 e. The van der Waals surface area contributed by atoms with Crippen LogP contribution < -0.4 is 15.8 Å². The first-order valence-corrected chi connectivity index (χ1v) is 5.86. The van der Waals surface area contributed by atoms with Gasteiger partial charge in [-0.15, -0.1) is 0 Å². The van der Waals surface area contributed by atoms with Crippen LogP contribution in [0.3, 0.4) is 0 Å². The fourth-order valence-corrected chi connectivity index (χ4v) is 1.43. The number of nitrogens with two attached hydrogens (primary N) is 1. The van der Waals surface area contributed by atoms with Crippen molar-refractivity contribution < 1.29 is 9.53 Å². The van der Waals surface area contributed by atoms with Crippen molar-refractivity contribution in [2.45, 2.75) is 25.8 Å². The van der Waals surface area contributed by atoms with E-state index in [-0.39, 0.29) is 11.9 Å². The Morgan fingerprint density at radius 1 is 1.41 bits per heavy atom. The van der Waals surface area contributed by atoms with E-state index >= 15 is 0 Å². The lowest BCUT2D eigenvalue weighted by Gasteiger charge is -2.10. The van der Waals surface area contributed by atoms with Crippen molar-refractivity contribution in [2.75, 3.05) is 13.7 Å². The Hall–Kier alpha value is -1.55. The van der Waals surface area contributed by atoms with Crippen LogP contribution >= 0.6 is 0 Å². The van der Waals surface area contributed by atoms with Gasteiger partial charge in [0.05, 0.1) is 13.0 Å². The van der Waals surface area contributed by atoms with Gasteiger partial charge in [0.1, 0.15) is 5.75 Å². The summed E-state index contributed by atoms with van der Waals surface area (Å²) in [5.74, 6) is 0.746. The summed E-state index contributed by atoms with van der Waals surface area (Å²) in [5, 5.41) is 2.55. The number of carbonyl (C=O) groups is 1. The summed E-state index contributed by atoms with van der Waals surface area (Å²) >= 11 is 0. The molecule has 0 saturated heterocycles. The minimum atomic E-state index is -0.0189. The largest absolute Gasteiger partial charge is 0.493 e. The third kappa shape index (κ3) is 4.44. The van der Waals surface area contributed by atoms with Gasteiger partial charge in [-0.2, -0.15) is 0 Å². The molecule has 0 fully saturated rings. The van der Waals surface area contributed by atoms with Crippen molar-refractivity contribution >= 4 is 5.91 Å². The number of carbonyl (C=O) groups excluding carboxylic acids is 1. The number of rotatable bonds is 6.